The molecule has 0 aromatic carbocycles. The molecule has 0 spiro atoms. The Morgan fingerprint density at radius 3 is 1.76 bits per heavy atom. The second-order valence-corrected chi connectivity index (χ2v) is 14.4. The van der Waals surface area contributed by atoms with Gasteiger partial charge in [0.1, 0.15) is 0 Å². The number of carbonyl (C=O) groups excluding carboxylic acids is 1. The molecule has 10 nitrogen and oxygen atoms in total. The van der Waals surface area contributed by atoms with Crippen LogP contribution in [0.1, 0.15) is 85.1 Å². The van der Waals surface area contributed by atoms with Crippen LogP contribution in [0.5, 0.6) is 0 Å². The minimum absolute atomic E-state index is 0.141. The number of morpholine rings is 2. The van der Waals surface area contributed by atoms with Gasteiger partial charge in [0.15, 0.2) is 0 Å². The summed E-state index contributed by atoms with van der Waals surface area (Å²) in [6.07, 6.45) is 6.16. The van der Waals surface area contributed by atoms with Crippen molar-refractivity contribution in [1.82, 2.24) is 20.1 Å². The highest BCUT2D eigenvalue weighted by molar-refractivity contribution is 7.12. The van der Waals surface area contributed by atoms with Gasteiger partial charge in [0.2, 0.25) is 0 Å². The number of nitrogens with zero attached hydrogens (tertiary/aromatic N) is 2. The Labute approximate surface area is 303 Å². The fourth-order valence-electron chi connectivity index (χ4n) is 6.25. The van der Waals surface area contributed by atoms with E-state index in [1.165, 1.54) is 27.4 Å². The van der Waals surface area contributed by atoms with Crippen molar-refractivity contribution in [3.05, 3.63) is 88.2 Å². The summed E-state index contributed by atoms with van der Waals surface area (Å²) in [5, 5.41) is 15.7. The van der Waals surface area contributed by atoms with Crippen molar-refractivity contribution in [2.75, 3.05) is 65.7 Å². The Morgan fingerprint density at radius 1 is 0.840 bits per heavy atom. The number of allylic oxidation sites excluding steroid dienone is 2. The predicted octanol–water partition coefficient (Wildman–Crippen LogP) is 6.30. The first kappa shape index (κ1) is 39.4. The van der Waals surface area contributed by atoms with Crippen molar-refractivity contribution >= 4 is 45.7 Å². The third-order valence-electron chi connectivity index (χ3n) is 9.36. The van der Waals surface area contributed by atoms with Crippen molar-refractivity contribution in [2.24, 2.45) is 0 Å². The Balaban J connectivity index is 0.000000244. The summed E-state index contributed by atoms with van der Waals surface area (Å²) in [5.74, 6) is -0.980. The van der Waals surface area contributed by atoms with Gasteiger partial charge in [-0.25, -0.2) is 4.79 Å². The van der Waals surface area contributed by atoms with Gasteiger partial charge < -0.3 is 24.9 Å². The molecular weight excluding hydrogens is 673 g/mol. The predicted molar refractivity (Wildman–Crippen MR) is 204 cm³/mol. The number of nitrogens with one attached hydrogen (secondary N) is 2. The molecule has 272 valence electrons. The first-order valence-electron chi connectivity index (χ1n) is 17.3. The van der Waals surface area contributed by atoms with Crippen LogP contribution in [0.3, 0.4) is 0 Å². The van der Waals surface area contributed by atoms with E-state index >= 15 is 0 Å². The summed E-state index contributed by atoms with van der Waals surface area (Å²) in [6.45, 7) is 21.1. The Morgan fingerprint density at radius 2 is 1.32 bits per heavy atom. The Bertz CT molecular complexity index is 1720. The Kier molecular flexibility index (Phi) is 15.2. The number of hydrogen-bond donors (Lipinski definition) is 3. The van der Waals surface area contributed by atoms with E-state index in [0.717, 1.165) is 106 Å². The number of thiophene rings is 2. The summed E-state index contributed by atoms with van der Waals surface area (Å²) in [7, 11) is 0. The summed E-state index contributed by atoms with van der Waals surface area (Å²) in [5.41, 5.74) is 7.68. The van der Waals surface area contributed by atoms with Crippen molar-refractivity contribution in [1.29, 1.82) is 0 Å². The average Bonchev–Trinajstić information content (AvgIpc) is 3.68. The highest BCUT2D eigenvalue weighted by Crippen LogP contribution is 2.32. The van der Waals surface area contributed by atoms with Gasteiger partial charge in [-0.2, -0.15) is 0 Å². The Hall–Kier alpha value is -3.39. The van der Waals surface area contributed by atoms with Crippen LogP contribution in [0.2, 0.25) is 0 Å². The number of aromatic amines is 1. The lowest BCUT2D eigenvalue weighted by molar-refractivity contribution is 0.0389. The lowest BCUT2D eigenvalue weighted by Crippen LogP contribution is -2.36. The fourth-order valence-corrected chi connectivity index (χ4v) is 8.60. The molecule has 0 unspecified atom stereocenters. The number of rotatable bonds is 12. The monoisotopic (exact) mass is 724 g/mol. The number of aromatic nitrogens is 1. The van der Waals surface area contributed by atoms with Crippen LogP contribution >= 0.6 is 22.7 Å². The lowest BCUT2D eigenvalue weighted by atomic mass is 10.0. The van der Waals surface area contributed by atoms with Crippen LogP contribution in [0.4, 0.5) is 0 Å². The number of H-pyrrole nitrogens is 1. The molecule has 3 aromatic heterocycles. The maximum absolute atomic E-state index is 12.8. The van der Waals surface area contributed by atoms with E-state index in [1.807, 2.05) is 46.1 Å². The van der Waals surface area contributed by atoms with Gasteiger partial charge in [-0.05, 0) is 88.3 Å². The summed E-state index contributed by atoms with van der Waals surface area (Å²) in [4.78, 5) is 46.0. The molecule has 0 saturated carbocycles. The van der Waals surface area contributed by atoms with Gasteiger partial charge in [0.25, 0.3) is 11.5 Å². The number of aryl methyl sites for hydroxylation is 2. The molecule has 2 fully saturated rings. The van der Waals surface area contributed by atoms with Gasteiger partial charge in [-0.15, -0.1) is 22.7 Å². The smallest absolute Gasteiger partial charge is 0.336 e. The van der Waals surface area contributed by atoms with E-state index in [0.29, 0.717) is 16.7 Å². The second kappa shape index (κ2) is 19.3. The van der Waals surface area contributed by atoms with Gasteiger partial charge in [-0.1, -0.05) is 12.2 Å². The normalized spacial score (nSPS) is 16.2. The number of pyridine rings is 1. The van der Waals surface area contributed by atoms with E-state index < -0.39 is 5.97 Å². The lowest BCUT2D eigenvalue weighted by Gasteiger charge is -2.26. The zero-order valence-corrected chi connectivity index (χ0v) is 31.9. The molecule has 0 atom stereocenters. The van der Waals surface area contributed by atoms with Crippen LogP contribution < -0.4 is 10.9 Å². The zero-order valence-electron chi connectivity index (χ0n) is 30.3. The molecular formula is C38H52N4O6S2. The summed E-state index contributed by atoms with van der Waals surface area (Å²) >= 11 is 3.14. The number of ether oxygens (including phenoxy) is 2. The van der Waals surface area contributed by atoms with Crippen molar-refractivity contribution in [3.8, 4) is 0 Å². The molecule has 1 amide bonds. The molecule has 5 rings (SSSR count). The molecule has 2 saturated heterocycles. The molecule has 50 heavy (non-hydrogen) atoms. The highest BCUT2D eigenvalue weighted by Gasteiger charge is 2.20. The van der Waals surface area contributed by atoms with Crippen LogP contribution in [-0.2, 0) is 16.0 Å². The average molecular weight is 725 g/mol. The third-order valence-corrected chi connectivity index (χ3v) is 11.7. The largest absolute Gasteiger partial charge is 0.478 e. The summed E-state index contributed by atoms with van der Waals surface area (Å²) in [6, 6.07) is 1.92. The molecule has 12 heteroatoms. The maximum atomic E-state index is 12.8. The quantitative estimate of drug-likeness (QED) is 0.199. The van der Waals surface area contributed by atoms with E-state index in [2.05, 4.69) is 39.2 Å². The molecule has 3 N–H and O–H groups in total. The minimum Gasteiger partial charge on any atom is -0.478 e. The van der Waals surface area contributed by atoms with Crippen LogP contribution in [0, 0.1) is 27.7 Å². The molecule has 0 radical (unpaired) electrons. The fraction of sp³-hybridized carbons (Fsp3) is 0.500. The zero-order chi connectivity index (χ0) is 36.2. The number of carbonyl (C=O) groups is 2. The maximum Gasteiger partial charge on any atom is 0.336 e. The standard InChI is InChI=1S/C23H31N3O3S.C15H21NO3S/c1-5-18(6-7-26-8-10-29-11-9-26)21-17(4)20(14-30-21)22(27)24-13-19-15(2)12-16(3)25-23(19)28;1-3-12(4-5-16-6-8-19-9-7-16)14-11(2)13(10-20-14)15(17)18/h5,12,14H,6-11,13H2,1-4H3,(H,24,27)(H,25,28);3,10H,4-9H2,1-2H3,(H,17,18)/b18-5-;12-3-. The molecule has 2 aliphatic rings. The van der Waals surface area contributed by atoms with Gasteiger partial charge in [-0.3, -0.25) is 19.4 Å². The summed E-state index contributed by atoms with van der Waals surface area (Å²) < 4.78 is 10.8. The molecule has 2 aliphatic heterocycles. The van der Waals surface area contributed by atoms with Crippen molar-refractivity contribution in [3.63, 3.8) is 0 Å². The molecule has 3 aromatic rings. The van der Waals surface area contributed by atoms with Gasteiger partial charge in [0.05, 0.1) is 37.6 Å². The van der Waals surface area contributed by atoms with E-state index in [9.17, 15) is 14.4 Å². The van der Waals surface area contributed by atoms with Crippen LogP contribution in [0.15, 0.2) is 33.8 Å². The minimum atomic E-state index is -0.839. The first-order valence-corrected chi connectivity index (χ1v) is 19.1. The number of hydrogen-bond acceptors (Lipinski definition) is 9. The van der Waals surface area contributed by atoms with E-state index in [-0.39, 0.29) is 18.0 Å². The number of aromatic carboxylic acids is 1. The van der Waals surface area contributed by atoms with Gasteiger partial charge >= 0.3 is 5.97 Å². The van der Waals surface area contributed by atoms with Crippen LogP contribution in [0.25, 0.3) is 11.1 Å². The highest BCUT2D eigenvalue weighted by atomic mass is 32.1. The number of carboxylic acid groups (broad SMARTS) is 1. The third kappa shape index (κ3) is 10.6. The van der Waals surface area contributed by atoms with E-state index in [4.69, 9.17) is 14.6 Å². The van der Waals surface area contributed by atoms with Crippen molar-refractivity contribution < 1.29 is 24.2 Å². The van der Waals surface area contributed by atoms with E-state index in [1.54, 1.807) is 16.7 Å². The number of amides is 1. The molecule has 0 bridgehead atoms. The van der Waals surface area contributed by atoms with Crippen molar-refractivity contribution in [2.45, 2.75) is 60.9 Å². The number of carboxylic acids is 1. The first-order chi connectivity index (χ1) is 24.0. The second-order valence-electron chi connectivity index (χ2n) is 12.7. The van der Waals surface area contributed by atoms with Crippen LogP contribution in [-0.4, -0.2) is 97.5 Å². The molecule has 0 aliphatic carbocycles. The van der Waals surface area contributed by atoms with Gasteiger partial charge in [0, 0.05) is 77.6 Å². The SMILES string of the molecule is C/C=C(/CCN1CCOCC1)c1scc(C(=O)NCc2c(C)cc(C)[nH]c2=O)c1C.C/C=C(/CCN1CCOCC1)c1scc(C(=O)O)c1C. The molecule has 5 heterocycles. The topological polar surface area (TPSA) is 124 Å².